The molecule has 204 valence electrons. The van der Waals surface area contributed by atoms with Crippen LogP contribution in [-0.2, 0) is 4.79 Å². The number of nitrogens with one attached hydrogen (secondary N) is 2. The Morgan fingerprint density at radius 2 is 1.88 bits per heavy atom. The van der Waals surface area contributed by atoms with Crippen molar-refractivity contribution in [1.29, 1.82) is 0 Å². The number of pyridine rings is 1. The number of carbonyl (C=O) groups excluding carboxylic acids is 1. The number of carboxylic acid groups (broad SMARTS) is 1. The zero-order valence-corrected chi connectivity index (χ0v) is 23.7. The van der Waals surface area contributed by atoms with Crippen molar-refractivity contribution in [3.05, 3.63) is 100.0 Å². The Hall–Kier alpha value is -3.92. The van der Waals surface area contributed by atoms with Gasteiger partial charge in [0.15, 0.2) is 5.11 Å². The van der Waals surface area contributed by atoms with Gasteiger partial charge in [0.2, 0.25) is 5.91 Å². The van der Waals surface area contributed by atoms with Crippen LogP contribution < -0.4 is 15.5 Å². The zero-order chi connectivity index (χ0) is 28.6. The molecule has 3 heterocycles. The lowest BCUT2D eigenvalue weighted by molar-refractivity contribution is -0.118. The second-order valence-corrected chi connectivity index (χ2v) is 10.7. The standard InChI is InChI=1S/C29H24Cl2N4O4S/c1-15(2)27(36)33-21-9-7-17(14-20(21)31)35-26(25(34-29(35)40)22-5-3-4-12-32-22)24-11-10-23(39-24)18-13-16(28(37)38)6-8-19(18)30/h3-15,25-26H,1-2H3,(H,33,36)(H,34,40)(H,37,38)/t25-,26+/m1/s1. The summed E-state index contributed by atoms with van der Waals surface area (Å²) in [4.78, 5) is 30.2. The van der Waals surface area contributed by atoms with Crippen molar-refractivity contribution in [2.45, 2.75) is 25.9 Å². The van der Waals surface area contributed by atoms with Gasteiger partial charge in [0.05, 0.1) is 33.0 Å². The number of rotatable bonds is 7. The molecule has 0 saturated carbocycles. The first-order chi connectivity index (χ1) is 19.1. The van der Waals surface area contributed by atoms with Crippen LogP contribution in [0.15, 0.2) is 77.3 Å². The first kappa shape index (κ1) is 27.6. The van der Waals surface area contributed by atoms with E-state index in [9.17, 15) is 14.7 Å². The van der Waals surface area contributed by atoms with E-state index in [2.05, 4.69) is 15.6 Å². The Morgan fingerprint density at radius 3 is 2.55 bits per heavy atom. The van der Waals surface area contributed by atoms with Crippen molar-refractivity contribution in [2.75, 3.05) is 10.2 Å². The highest BCUT2D eigenvalue weighted by atomic mass is 35.5. The number of hydrogen-bond acceptors (Lipinski definition) is 5. The van der Waals surface area contributed by atoms with Gasteiger partial charge in [-0.3, -0.25) is 9.78 Å². The average Bonchev–Trinajstić information content (AvgIpc) is 3.55. The fraction of sp³-hybridized carbons (Fsp3) is 0.172. The van der Waals surface area contributed by atoms with E-state index in [0.717, 1.165) is 5.69 Å². The molecule has 40 heavy (non-hydrogen) atoms. The highest BCUT2D eigenvalue weighted by molar-refractivity contribution is 7.80. The molecule has 0 unspecified atom stereocenters. The number of aromatic nitrogens is 1. The van der Waals surface area contributed by atoms with Crippen LogP contribution >= 0.6 is 35.4 Å². The number of amides is 1. The second-order valence-electron chi connectivity index (χ2n) is 9.51. The maximum atomic E-state index is 12.2. The summed E-state index contributed by atoms with van der Waals surface area (Å²) in [6.07, 6.45) is 1.70. The molecule has 11 heteroatoms. The molecule has 1 fully saturated rings. The van der Waals surface area contributed by atoms with Gasteiger partial charge >= 0.3 is 5.97 Å². The average molecular weight is 596 g/mol. The predicted octanol–water partition coefficient (Wildman–Crippen LogP) is 7.12. The van der Waals surface area contributed by atoms with Crippen molar-refractivity contribution in [3.63, 3.8) is 0 Å². The van der Waals surface area contributed by atoms with E-state index in [-0.39, 0.29) is 23.4 Å². The number of nitrogens with zero attached hydrogens (tertiary/aromatic N) is 2. The number of benzene rings is 2. The summed E-state index contributed by atoms with van der Waals surface area (Å²) in [5.41, 5.74) is 2.46. The fourth-order valence-electron chi connectivity index (χ4n) is 4.46. The molecular formula is C29H24Cl2N4O4S. The third-order valence-electron chi connectivity index (χ3n) is 6.51. The van der Waals surface area contributed by atoms with Gasteiger partial charge in [-0.1, -0.05) is 43.1 Å². The third kappa shape index (κ3) is 5.40. The molecule has 0 spiro atoms. The van der Waals surface area contributed by atoms with Crippen LogP contribution in [0.25, 0.3) is 11.3 Å². The second kappa shape index (κ2) is 11.3. The topological polar surface area (TPSA) is 108 Å². The summed E-state index contributed by atoms with van der Waals surface area (Å²) in [7, 11) is 0. The van der Waals surface area contributed by atoms with Crippen molar-refractivity contribution >= 4 is 63.8 Å². The number of aromatic carboxylic acids is 1. The Labute approximate surface area is 245 Å². The van der Waals surface area contributed by atoms with Crippen LogP contribution in [0.3, 0.4) is 0 Å². The molecule has 1 saturated heterocycles. The summed E-state index contributed by atoms with van der Waals surface area (Å²) in [6, 6.07) is 18.0. The van der Waals surface area contributed by atoms with Gasteiger partial charge in [0.1, 0.15) is 17.6 Å². The number of thiocarbonyl (C=S) groups is 1. The summed E-state index contributed by atoms with van der Waals surface area (Å²) in [5, 5.41) is 16.8. The van der Waals surface area contributed by atoms with Gasteiger partial charge in [-0.25, -0.2) is 4.79 Å². The van der Waals surface area contributed by atoms with Gasteiger partial charge in [-0.2, -0.15) is 0 Å². The monoisotopic (exact) mass is 594 g/mol. The molecule has 5 rings (SSSR count). The van der Waals surface area contributed by atoms with Crippen LogP contribution in [-0.4, -0.2) is 27.1 Å². The quantitative estimate of drug-likeness (QED) is 0.194. The van der Waals surface area contributed by atoms with E-state index in [1.807, 2.05) is 29.2 Å². The number of furan rings is 1. The molecule has 0 aliphatic carbocycles. The van der Waals surface area contributed by atoms with Crippen LogP contribution in [0.5, 0.6) is 0 Å². The Kier molecular flexibility index (Phi) is 7.80. The van der Waals surface area contributed by atoms with Gasteiger partial charge < -0.3 is 25.1 Å². The van der Waals surface area contributed by atoms with Crippen LogP contribution in [0.1, 0.15) is 47.7 Å². The fourth-order valence-corrected chi connectivity index (χ4v) is 5.24. The molecular weight excluding hydrogens is 571 g/mol. The maximum Gasteiger partial charge on any atom is 0.335 e. The number of halogens is 2. The number of carbonyl (C=O) groups is 2. The molecule has 1 amide bonds. The molecule has 0 bridgehead atoms. The molecule has 1 aliphatic heterocycles. The van der Waals surface area contributed by atoms with Gasteiger partial charge in [0, 0.05) is 23.4 Å². The Morgan fingerprint density at radius 1 is 1.07 bits per heavy atom. The van der Waals surface area contributed by atoms with E-state index in [0.29, 0.717) is 43.6 Å². The molecule has 1 aliphatic rings. The van der Waals surface area contributed by atoms with Crippen LogP contribution in [0.2, 0.25) is 10.0 Å². The number of hydrogen-bond donors (Lipinski definition) is 3. The normalized spacial score (nSPS) is 16.7. The molecule has 4 aromatic rings. The number of anilines is 2. The van der Waals surface area contributed by atoms with Gasteiger partial charge in [0.25, 0.3) is 0 Å². The first-order valence-corrected chi connectivity index (χ1v) is 13.5. The van der Waals surface area contributed by atoms with Crippen molar-refractivity contribution in [2.24, 2.45) is 5.92 Å². The smallest absolute Gasteiger partial charge is 0.335 e. The van der Waals surface area contributed by atoms with E-state index >= 15 is 0 Å². The minimum absolute atomic E-state index is 0.0911. The largest absolute Gasteiger partial charge is 0.478 e. The highest BCUT2D eigenvalue weighted by Gasteiger charge is 2.42. The third-order valence-corrected chi connectivity index (χ3v) is 7.47. The van der Waals surface area contributed by atoms with Crippen LogP contribution in [0.4, 0.5) is 11.4 Å². The summed E-state index contributed by atoms with van der Waals surface area (Å²) < 4.78 is 6.32. The lowest BCUT2D eigenvalue weighted by Gasteiger charge is -2.26. The Balaban J connectivity index is 1.57. The molecule has 8 nitrogen and oxygen atoms in total. The highest BCUT2D eigenvalue weighted by Crippen LogP contribution is 2.44. The minimum Gasteiger partial charge on any atom is -0.478 e. The van der Waals surface area contributed by atoms with Gasteiger partial charge in [-0.05, 0) is 72.9 Å². The van der Waals surface area contributed by atoms with E-state index in [1.165, 1.54) is 18.2 Å². The van der Waals surface area contributed by atoms with Crippen molar-refractivity contribution < 1.29 is 19.1 Å². The summed E-state index contributed by atoms with van der Waals surface area (Å²) in [6.45, 7) is 3.61. The maximum absolute atomic E-state index is 12.2. The molecule has 2 aromatic heterocycles. The first-order valence-electron chi connectivity index (χ1n) is 12.4. The molecule has 0 radical (unpaired) electrons. The Bertz CT molecular complexity index is 1610. The SMILES string of the molecule is CC(C)C(=O)Nc1ccc(N2C(=S)N[C@H](c3ccccn3)[C@@H]2c2ccc(-c3cc(C(=O)O)ccc3Cl)o2)cc1Cl. The summed E-state index contributed by atoms with van der Waals surface area (Å²) in [5.74, 6) is -0.461. The van der Waals surface area contributed by atoms with Crippen LogP contribution in [0, 0.1) is 5.92 Å². The lowest BCUT2D eigenvalue weighted by Crippen LogP contribution is -2.29. The number of carboxylic acids is 1. The van der Waals surface area contributed by atoms with E-state index in [1.54, 1.807) is 44.3 Å². The molecule has 2 aromatic carbocycles. The molecule has 3 N–H and O–H groups in total. The summed E-state index contributed by atoms with van der Waals surface area (Å²) >= 11 is 18.8. The van der Waals surface area contributed by atoms with Gasteiger partial charge in [-0.15, -0.1) is 0 Å². The zero-order valence-electron chi connectivity index (χ0n) is 21.4. The predicted molar refractivity (Wildman–Crippen MR) is 159 cm³/mol. The lowest BCUT2D eigenvalue weighted by atomic mass is 10.0. The van der Waals surface area contributed by atoms with Crippen molar-refractivity contribution in [1.82, 2.24) is 10.3 Å². The van der Waals surface area contributed by atoms with E-state index in [4.69, 9.17) is 39.8 Å². The molecule has 2 atom stereocenters. The minimum atomic E-state index is -1.07. The van der Waals surface area contributed by atoms with E-state index < -0.39 is 12.0 Å². The van der Waals surface area contributed by atoms with Crippen molar-refractivity contribution in [3.8, 4) is 11.3 Å².